The Balaban J connectivity index is 1.37. The Morgan fingerprint density at radius 2 is 1.73 bits per heavy atom. The van der Waals surface area contributed by atoms with E-state index in [4.69, 9.17) is 9.47 Å². The molecule has 3 N–H and O–H groups in total. The number of amides is 1. The number of rotatable bonds is 9. The molecule has 1 aliphatic rings. The highest BCUT2D eigenvalue weighted by atomic mass is 32.2. The molecule has 8 nitrogen and oxygen atoms in total. The molecule has 0 unspecified atom stereocenters. The average Bonchev–Trinajstić information content (AvgIpc) is 3.00. The topological polar surface area (TPSA) is 118 Å². The molecule has 1 aromatic heterocycles. The number of aliphatic hydroxyl groups is 1. The summed E-state index contributed by atoms with van der Waals surface area (Å²) in [4.78, 5) is 28.6. The molecule has 1 saturated heterocycles. The van der Waals surface area contributed by atoms with Gasteiger partial charge in [-0.3, -0.25) is 4.79 Å². The summed E-state index contributed by atoms with van der Waals surface area (Å²) >= 11 is 1.33. The van der Waals surface area contributed by atoms with Gasteiger partial charge < -0.3 is 25.0 Å². The predicted molar refractivity (Wildman–Crippen MR) is 151 cm³/mol. The Morgan fingerprint density at radius 1 is 0.925 bits per heavy atom. The summed E-state index contributed by atoms with van der Waals surface area (Å²) < 4.78 is 12.8. The lowest BCUT2D eigenvalue weighted by Gasteiger charge is -2.36. The standard InChI is InChI=1S/C31H28N2O6S/c34-18-20-11-13-21(14-12-20)27-17-25(19-40-29-26(30(36)37)10-5-15-32-29)38-31(39-27)23-8-4-9-24(16-23)33-28(35)22-6-2-1-3-7-22/h1-16,25,27,31,34H,17-19H2,(H,33,35)(H,36,37)/t25-,27+,31+/m1/s1. The van der Waals surface area contributed by atoms with E-state index in [1.54, 1.807) is 30.5 Å². The van der Waals surface area contributed by atoms with E-state index >= 15 is 0 Å². The summed E-state index contributed by atoms with van der Waals surface area (Å²) in [5, 5.41) is 22.3. The van der Waals surface area contributed by atoms with Crippen molar-refractivity contribution in [1.29, 1.82) is 0 Å². The van der Waals surface area contributed by atoms with Crippen molar-refractivity contribution in [3.63, 3.8) is 0 Å². The van der Waals surface area contributed by atoms with Gasteiger partial charge in [0.15, 0.2) is 6.29 Å². The van der Waals surface area contributed by atoms with E-state index in [-0.39, 0.29) is 30.3 Å². The minimum atomic E-state index is -1.03. The second kappa shape index (κ2) is 12.9. The van der Waals surface area contributed by atoms with Crippen molar-refractivity contribution >= 4 is 29.3 Å². The summed E-state index contributed by atoms with van der Waals surface area (Å²) in [6.45, 7) is -0.0473. The number of nitrogens with one attached hydrogen (secondary N) is 1. The van der Waals surface area contributed by atoms with Gasteiger partial charge in [0.05, 0.1) is 24.4 Å². The van der Waals surface area contributed by atoms with E-state index in [2.05, 4.69) is 10.3 Å². The van der Waals surface area contributed by atoms with E-state index in [1.165, 1.54) is 17.8 Å². The Morgan fingerprint density at radius 3 is 2.48 bits per heavy atom. The second-order valence-electron chi connectivity index (χ2n) is 9.27. The number of ether oxygens (including phenoxy) is 2. The monoisotopic (exact) mass is 556 g/mol. The number of aromatic carboxylic acids is 1. The lowest BCUT2D eigenvalue weighted by molar-refractivity contribution is -0.245. The number of thioether (sulfide) groups is 1. The molecule has 40 heavy (non-hydrogen) atoms. The number of pyridine rings is 1. The number of carbonyl (C=O) groups is 2. The summed E-state index contributed by atoms with van der Waals surface area (Å²) in [5.41, 5.74) is 3.79. The van der Waals surface area contributed by atoms with Gasteiger partial charge in [-0.05, 0) is 47.5 Å². The van der Waals surface area contributed by atoms with Crippen LogP contribution in [-0.2, 0) is 16.1 Å². The first kappa shape index (κ1) is 27.5. The minimum absolute atomic E-state index is 0.0473. The van der Waals surface area contributed by atoms with Crippen molar-refractivity contribution in [3.05, 3.63) is 125 Å². The van der Waals surface area contributed by atoms with Gasteiger partial charge in [-0.15, -0.1) is 11.8 Å². The summed E-state index contributed by atoms with van der Waals surface area (Å²) in [7, 11) is 0. The van der Waals surface area contributed by atoms with Crippen molar-refractivity contribution in [2.45, 2.75) is 36.6 Å². The van der Waals surface area contributed by atoms with E-state index in [0.29, 0.717) is 28.5 Å². The molecule has 0 saturated carbocycles. The SMILES string of the molecule is O=C(Nc1cccc([C@H]2O[C@@H](CSc3ncccc3C(=O)O)C[C@@H](c3ccc(CO)cc3)O2)c1)c1ccccc1. The molecule has 0 spiro atoms. The second-order valence-corrected chi connectivity index (χ2v) is 10.3. The van der Waals surface area contributed by atoms with Gasteiger partial charge in [0.1, 0.15) is 5.03 Å². The first-order chi connectivity index (χ1) is 19.5. The van der Waals surface area contributed by atoms with Crippen LogP contribution in [0, 0.1) is 0 Å². The predicted octanol–water partition coefficient (Wildman–Crippen LogP) is 5.86. The van der Waals surface area contributed by atoms with Crippen molar-refractivity contribution in [1.82, 2.24) is 4.98 Å². The lowest BCUT2D eigenvalue weighted by atomic mass is 10.0. The number of carboxylic acids is 1. The third-order valence-electron chi connectivity index (χ3n) is 6.48. The van der Waals surface area contributed by atoms with Crippen LogP contribution in [0.2, 0.25) is 0 Å². The molecule has 3 atom stereocenters. The molecular formula is C31H28N2O6S. The highest BCUT2D eigenvalue weighted by molar-refractivity contribution is 7.99. The maximum atomic E-state index is 12.7. The van der Waals surface area contributed by atoms with Crippen molar-refractivity contribution in [2.75, 3.05) is 11.1 Å². The summed E-state index contributed by atoms with van der Waals surface area (Å²) in [5.74, 6) is -0.783. The fourth-order valence-corrected chi connectivity index (χ4v) is 5.42. The molecular weight excluding hydrogens is 528 g/mol. The van der Waals surface area contributed by atoms with E-state index in [9.17, 15) is 19.8 Å². The highest BCUT2D eigenvalue weighted by Gasteiger charge is 2.33. The first-order valence-electron chi connectivity index (χ1n) is 12.8. The van der Waals surface area contributed by atoms with Gasteiger partial charge in [0, 0.05) is 35.2 Å². The van der Waals surface area contributed by atoms with Crippen LogP contribution in [-0.4, -0.2) is 38.9 Å². The van der Waals surface area contributed by atoms with Crippen LogP contribution in [0.3, 0.4) is 0 Å². The van der Waals surface area contributed by atoms with Crippen LogP contribution >= 0.6 is 11.8 Å². The van der Waals surface area contributed by atoms with Crippen LogP contribution in [0.1, 0.15) is 56.2 Å². The van der Waals surface area contributed by atoms with Gasteiger partial charge >= 0.3 is 5.97 Å². The summed E-state index contributed by atoms with van der Waals surface area (Å²) in [6.07, 6.45) is 0.808. The fourth-order valence-electron chi connectivity index (χ4n) is 4.42. The maximum Gasteiger partial charge on any atom is 0.338 e. The molecule has 204 valence electrons. The fraction of sp³-hybridized carbons (Fsp3) is 0.194. The number of carboxylic acid groups (broad SMARTS) is 1. The van der Waals surface area contributed by atoms with E-state index in [0.717, 1.165) is 16.7 Å². The highest BCUT2D eigenvalue weighted by Crippen LogP contribution is 2.40. The number of carbonyl (C=O) groups excluding carboxylic acids is 1. The molecule has 4 aromatic rings. The molecule has 1 aliphatic heterocycles. The number of aromatic nitrogens is 1. The van der Waals surface area contributed by atoms with Gasteiger partial charge in [-0.1, -0.05) is 54.6 Å². The largest absolute Gasteiger partial charge is 0.478 e. The van der Waals surface area contributed by atoms with Crippen LogP contribution in [0.5, 0.6) is 0 Å². The van der Waals surface area contributed by atoms with Gasteiger partial charge in [-0.2, -0.15) is 0 Å². The maximum absolute atomic E-state index is 12.7. The van der Waals surface area contributed by atoms with Crippen molar-refractivity contribution in [2.24, 2.45) is 0 Å². The van der Waals surface area contributed by atoms with Crippen LogP contribution in [0.15, 0.2) is 102 Å². The van der Waals surface area contributed by atoms with Crippen LogP contribution < -0.4 is 5.32 Å². The number of hydrogen-bond donors (Lipinski definition) is 3. The molecule has 0 aliphatic carbocycles. The average molecular weight is 557 g/mol. The van der Waals surface area contributed by atoms with Crippen molar-refractivity contribution in [3.8, 4) is 0 Å². The van der Waals surface area contributed by atoms with Gasteiger partial charge in [0.2, 0.25) is 0 Å². The normalized spacial score (nSPS) is 18.7. The van der Waals surface area contributed by atoms with Crippen LogP contribution in [0.25, 0.3) is 0 Å². The number of aliphatic hydroxyl groups excluding tert-OH is 1. The zero-order valence-electron chi connectivity index (χ0n) is 21.5. The number of benzene rings is 3. The molecule has 2 heterocycles. The molecule has 1 fully saturated rings. The number of anilines is 1. The molecule has 3 aromatic carbocycles. The molecule has 9 heteroatoms. The Kier molecular flexibility index (Phi) is 8.87. The molecule has 0 radical (unpaired) electrons. The zero-order chi connectivity index (χ0) is 27.9. The number of nitrogens with zero attached hydrogens (tertiary/aromatic N) is 1. The van der Waals surface area contributed by atoms with E-state index in [1.807, 2.05) is 60.7 Å². The molecule has 5 rings (SSSR count). The third-order valence-corrected chi connectivity index (χ3v) is 7.61. The molecule has 1 amide bonds. The minimum Gasteiger partial charge on any atom is -0.478 e. The number of hydrogen-bond acceptors (Lipinski definition) is 7. The lowest BCUT2D eigenvalue weighted by Crippen LogP contribution is -2.31. The van der Waals surface area contributed by atoms with E-state index < -0.39 is 12.3 Å². The van der Waals surface area contributed by atoms with Crippen LogP contribution in [0.4, 0.5) is 5.69 Å². The van der Waals surface area contributed by atoms with Gasteiger partial charge in [0.25, 0.3) is 5.91 Å². The third kappa shape index (κ3) is 6.75. The smallest absolute Gasteiger partial charge is 0.338 e. The Hall–Kier alpha value is -4.02. The zero-order valence-corrected chi connectivity index (χ0v) is 22.3. The Bertz CT molecular complexity index is 1460. The summed E-state index contributed by atoms with van der Waals surface area (Å²) in [6, 6.07) is 27.0. The first-order valence-corrected chi connectivity index (χ1v) is 13.8. The van der Waals surface area contributed by atoms with Crippen molar-refractivity contribution < 1.29 is 29.3 Å². The quantitative estimate of drug-likeness (QED) is 0.219. The molecule has 0 bridgehead atoms. The Labute approximate surface area is 236 Å². The van der Waals surface area contributed by atoms with Gasteiger partial charge in [-0.25, -0.2) is 9.78 Å².